The van der Waals surface area contributed by atoms with E-state index in [4.69, 9.17) is 9.72 Å². The van der Waals surface area contributed by atoms with E-state index in [2.05, 4.69) is 67.1 Å². The van der Waals surface area contributed by atoms with Crippen molar-refractivity contribution in [2.24, 2.45) is 0 Å². The lowest BCUT2D eigenvalue weighted by atomic mass is 9.91. The summed E-state index contributed by atoms with van der Waals surface area (Å²) >= 11 is 0. The van der Waals surface area contributed by atoms with Crippen molar-refractivity contribution in [2.75, 3.05) is 24.7 Å². The van der Waals surface area contributed by atoms with Gasteiger partial charge in [0.25, 0.3) is 0 Å². The lowest BCUT2D eigenvalue weighted by Gasteiger charge is -2.38. The van der Waals surface area contributed by atoms with Crippen LogP contribution < -0.4 is 4.90 Å². The zero-order valence-electron chi connectivity index (χ0n) is 17.8. The fraction of sp³-hybridized carbons (Fsp3) is 0.400. The second-order valence-corrected chi connectivity index (χ2v) is 7.82. The topological polar surface area (TPSA) is 30.3 Å². The normalized spacial score (nSPS) is 16.2. The largest absolute Gasteiger partial charge is 0.376 e. The number of hydrogen-bond acceptors (Lipinski definition) is 3. The monoisotopic (exact) mass is 389 g/mol. The predicted molar refractivity (Wildman–Crippen MR) is 121 cm³/mol. The predicted octanol–water partition coefficient (Wildman–Crippen LogP) is 5.37. The Morgan fingerprint density at radius 3 is 2.86 bits per heavy atom. The van der Waals surface area contributed by atoms with Crippen LogP contribution in [-0.4, -0.2) is 29.3 Å². The average molecular weight is 390 g/mol. The Hall–Kier alpha value is -2.59. The number of pyridine rings is 1. The Bertz CT molecular complexity index is 1020. The highest BCUT2D eigenvalue weighted by Gasteiger charge is 2.29. The van der Waals surface area contributed by atoms with Gasteiger partial charge in [-0.25, -0.2) is 4.98 Å². The van der Waals surface area contributed by atoms with Gasteiger partial charge in [-0.3, -0.25) is 0 Å². The molecule has 4 rings (SSSR count). The molecule has 0 saturated carbocycles. The highest BCUT2D eigenvalue weighted by atomic mass is 16.5. The van der Waals surface area contributed by atoms with E-state index >= 15 is 0 Å². The number of aromatic nitrogens is 2. The summed E-state index contributed by atoms with van der Waals surface area (Å²) in [7, 11) is 0. The maximum atomic E-state index is 5.70. The fourth-order valence-corrected chi connectivity index (χ4v) is 4.73. The molecule has 0 radical (unpaired) electrons. The third-order valence-electron chi connectivity index (χ3n) is 6.29. The van der Waals surface area contributed by atoms with Crippen LogP contribution in [0.1, 0.15) is 41.8 Å². The number of ether oxygens (including phenoxy) is 1. The number of aryl methyl sites for hydroxylation is 1. The number of anilines is 1. The number of hydrogen-bond donors (Lipinski definition) is 0. The van der Waals surface area contributed by atoms with Gasteiger partial charge in [0.1, 0.15) is 0 Å². The molecule has 3 heterocycles. The summed E-state index contributed by atoms with van der Waals surface area (Å²) in [6.07, 6.45) is 5.90. The summed E-state index contributed by atoms with van der Waals surface area (Å²) in [6, 6.07) is 11.4. The minimum Gasteiger partial charge on any atom is -0.376 e. The van der Waals surface area contributed by atoms with Gasteiger partial charge in [-0.15, -0.1) is 6.58 Å². The van der Waals surface area contributed by atoms with Crippen molar-refractivity contribution in [1.29, 1.82) is 0 Å². The highest BCUT2D eigenvalue weighted by Crippen LogP contribution is 2.39. The molecule has 0 saturated heterocycles. The molecule has 1 aliphatic heterocycles. The highest BCUT2D eigenvalue weighted by molar-refractivity contribution is 5.93. The van der Waals surface area contributed by atoms with Crippen molar-refractivity contribution >= 4 is 16.7 Å². The van der Waals surface area contributed by atoms with Crippen molar-refractivity contribution in [2.45, 2.75) is 46.2 Å². The summed E-state index contributed by atoms with van der Waals surface area (Å²) in [5.41, 5.74) is 6.78. The summed E-state index contributed by atoms with van der Waals surface area (Å²) < 4.78 is 8.09. The molecule has 0 amide bonds. The van der Waals surface area contributed by atoms with E-state index < -0.39 is 0 Å². The van der Waals surface area contributed by atoms with Gasteiger partial charge in [0.15, 0.2) is 5.82 Å². The van der Waals surface area contributed by atoms with Gasteiger partial charge in [-0.05, 0) is 49.4 Å². The van der Waals surface area contributed by atoms with Gasteiger partial charge in [0.2, 0.25) is 0 Å². The molecule has 4 heteroatoms. The first-order valence-corrected chi connectivity index (χ1v) is 10.6. The van der Waals surface area contributed by atoms with Crippen molar-refractivity contribution in [3.05, 3.63) is 71.6 Å². The molecule has 152 valence electrons. The van der Waals surface area contributed by atoms with Crippen LogP contribution in [0.2, 0.25) is 0 Å². The van der Waals surface area contributed by atoms with E-state index in [1.54, 1.807) is 6.08 Å². The molecule has 4 nitrogen and oxygen atoms in total. The Labute approximate surface area is 173 Å². The standard InChI is InChI=1S/C25H31N3O/c1-5-16-29-17-15-27-19(4)18(3)21-11-13-26-25(24(21)27)28-14-12-20-9-7-8-10-22(20)23(28)6-2/h5,7-11,13,23H,1,6,12,14-17H2,2-4H3. The van der Waals surface area contributed by atoms with Crippen LogP contribution in [-0.2, 0) is 17.7 Å². The Morgan fingerprint density at radius 1 is 1.24 bits per heavy atom. The number of fused-ring (bicyclic) bond motifs is 2. The van der Waals surface area contributed by atoms with Gasteiger partial charge in [-0.2, -0.15) is 0 Å². The van der Waals surface area contributed by atoms with Gasteiger partial charge in [-0.1, -0.05) is 37.3 Å². The van der Waals surface area contributed by atoms with Crippen LogP contribution in [0.3, 0.4) is 0 Å². The minimum absolute atomic E-state index is 0.360. The minimum atomic E-state index is 0.360. The van der Waals surface area contributed by atoms with E-state index in [1.165, 1.54) is 33.3 Å². The number of benzene rings is 1. The lowest BCUT2D eigenvalue weighted by molar-refractivity contribution is 0.153. The Morgan fingerprint density at radius 2 is 2.07 bits per heavy atom. The zero-order valence-corrected chi connectivity index (χ0v) is 17.8. The van der Waals surface area contributed by atoms with E-state index in [-0.39, 0.29) is 0 Å². The molecule has 0 N–H and O–H groups in total. The summed E-state index contributed by atoms with van der Waals surface area (Å²) in [5, 5.41) is 1.30. The van der Waals surface area contributed by atoms with E-state index in [1.807, 2.05) is 6.20 Å². The molecule has 0 spiro atoms. The van der Waals surface area contributed by atoms with Crippen molar-refractivity contribution in [3.63, 3.8) is 0 Å². The summed E-state index contributed by atoms with van der Waals surface area (Å²) in [6.45, 7) is 13.5. The zero-order chi connectivity index (χ0) is 20.4. The van der Waals surface area contributed by atoms with Gasteiger partial charge in [0.05, 0.1) is 24.8 Å². The van der Waals surface area contributed by atoms with Gasteiger partial charge >= 0.3 is 0 Å². The van der Waals surface area contributed by atoms with Crippen LogP contribution >= 0.6 is 0 Å². The SMILES string of the molecule is C=CCOCCn1c(C)c(C)c2ccnc(N3CCc4ccccc4C3CC)c21. The van der Waals surface area contributed by atoms with Crippen LogP contribution in [0.15, 0.2) is 49.2 Å². The Kier molecular flexibility index (Phi) is 5.72. The van der Waals surface area contributed by atoms with Gasteiger partial charge in [0, 0.05) is 30.4 Å². The maximum Gasteiger partial charge on any atom is 0.153 e. The molecule has 0 aliphatic carbocycles. The van der Waals surface area contributed by atoms with E-state index in [9.17, 15) is 0 Å². The smallest absolute Gasteiger partial charge is 0.153 e. The molecular formula is C25H31N3O. The molecule has 1 atom stereocenters. The first-order chi connectivity index (χ1) is 14.2. The average Bonchev–Trinajstić information content (AvgIpc) is 3.00. The van der Waals surface area contributed by atoms with Crippen LogP contribution in [0.4, 0.5) is 5.82 Å². The molecule has 0 bridgehead atoms. The van der Waals surface area contributed by atoms with Crippen LogP contribution in [0.25, 0.3) is 10.9 Å². The third kappa shape index (κ3) is 3.46. The molecule has 1 aromatic carbocycles. The van der Waals surface area contributed by atoms with Gasteiger partial charge < -0.3 is 14.2 Å². The van der Waals surface area contributed by atoms with E-state index in [0.717, 1.165) is 31.7 Å². The van der Waals surface area contributed by atoms with Crippen LogP contribution in [0, 0.1) is 13.8 Å². The summed E-state index contributed by atoms with van der Waals surface area (Å²) in [4.78, 5) is 7.43. The number of rotatable bonds is 7. The van der Waals surface area contributed by atoms with Crippen LogP contribution in [0.5, 0.6) is 0 Å². The first-order valence-electron chi connectivity index (χ1n) is 10.6. The van der Waals surface area contributed by atoms with E-state index in [0.29, 0.717) is 19.3 Å². The second kappa shape index (κ2) is 8.42. The van der Waals surface area contributed by atoms with Crippen molar-refractivity contribution in [1.82, 2.24) is 9.55 Å². The molecule has 1 unspecified atom stereocenters. The van der Waals surface area contributed by atoms with Crippen molar-refractivity contribution < 1.29 is 4.74 Å². The summed E-state index contributed by atoms with van der Waals surface area (Å²) in [5.74, 6) is 1.10. The third-order valence-corrected chi connectivity index (χ3v) is 6.29. The molecule has 29 heavy (non-hydrogen) atoms. The van der Waals surface area contributed by atoms with Crippen molar-refractivity contribution in [3.8, 4) is 0 Å². The molecular weight excluding hydrogens is 358 g/mol. The molecule has 2 aromatic heterocycles. The first kappa shape index (κ1) is 19.7. The number of nitrogens with zero attached hydrogens (tertiary/aromatic N) is 3. The quantitative estimate of drug-likeness (QED) is 0.402. The molecule has 3 aromatic rings. The molecule has 1 aliphatic rings. The fourth-order valence-electron chi connectivity index (χ4n) is 4.73. The Balaban J connectivity index is 1.79. The maximum absolute atomic E-state index is 5.70. The molecule has 0 fully saturated rings. The second-order valence-electron chi connectivity index (χ2n) is 7.82. The lowest BCUT2D eigenvalue weighted by Crippen LogP contribution is -2.36.